The largest absolute Gasteiger partial charge is 0.425 e. The lowest BCUT2D eigenvalue weighted by atomic mass is 9.91. The average molecular weight is 390 g/mol. The Bertz CT molecular complexity index is 1000. The first-order chi connectivity index (χ1) is 11.1. The number of aromatic nitrogens is 1. The summed E-state index contributed by atoms with van der Waals surface area (Å²) < 4.78 is 8.06. The van der Waals surface area contributed by atoms with Gasteiger partial charge in [-0.2, -0.15) is 0 Å². The van der Waals surface area contributed by atoms with Gasteiger partial charge in [-0.3, -0.25) is 9.59 Å². The van der Waals surface area contributed by atoms with E-state index in [0.29, 0.717) is 11.3 Å². The van der Waals surface area contributed by atoms with Gasteiger partial charge in [-0.25, -0.2) is 0 Å². The summed E-state index contributed by atoms with van der Waals surface area (Å²) in [6.45, 7) is 0. The summed E-state index contributed by atoms with van der Waals surface area (Å²) in [4.78, 5) is 26.0. The fourth-order valence-electron chi connectivity index (χ4n) is 3.09. The standard InChI is InChI=1S/C17H12BrNO3S/c1-19-12-5-3-2-4-10(12)16-15(17(19)21)11(7-14(20)22-16)13-6-9(18)8-23-13/h2-6,8,11H,7H2,1H3/t11-/m0/s1. The van der Waals surface area contributed by atoms with Crippen LogP contribution in [0.15, 0.2) is 45.0 Å². The van der Waals surface area contributed by atoms with E-state index in [1.165, 1.54) is 11.3 Å². The zero-order chi connectivity index (χ0) is 16.1. The van der Waals surface area contributed by atoms with E-state index in [-0.39, 0.29) is 23.9 Å². The fourth-order valence-corrected chi connectivity index (χ4v) is 4.64. The number of ether oxygens (including phenoxy) is 1. The molecule has 6 heteroatoms. The minimum atomic E-state index is -0.301. The van der Waals surface area contributed by atoms with Gasteiger partial charge in [0, 0.05) is 33.1 Å². The lowest BCUT2D eigenvalue weighted by Gasteiger charge is -2.25. The van der Waals surface area contributed by atoms with Crippen molar-refractivity contribution in [3.8, 4) is 5.75 Å². The maximum absolute atomic E-state index is 12.9. The monoisotopic (exact) mass is 389 g/mol. The number of fused-ring (bicyclic) bond motifs is 3. The maximum atomic E-state index is 12.9. The molecule has 0 spiro atoms. The summed E-state index contributed by atoms with van der Waals surface area (Å²) in [7, 11) is 1.75. The zero-order valence-electron chi connectivity index (χ0n) is 12.2. The van der Waals surface area contributed by atoms with Crippen LogP contribution in [0.4, 0.5) is 0 Å². The van der Waals surface area contributed by atoms with Crippen molar-refractivity contribution in [2.45, 2.75) is 12.3 Å². The van der Waals surface area contributed by atoms with Crippen molar-refractivity contribution in [1.82, 2.24) is 4.57 Å². The SMILES string of the molecule is Cn1c(=O)c2c(c3ccccc31)OC(=O)C[C@H]2c1cc(Br)cs1. The molecule has 3 heterocycles. The van der Waals surface area contributed by atoms with E-state index in [0.717, 1.165) is 20.3 Å². The predicted octanol–water partition coefficient (Wildman–Crippen LogP) is 3.80. The van der Waals surface area contributed by atoms with Crippen molar-refractivity contribution in [3.05, 3.63) is 61.0 Å². The molecule has 0 amide bonds. The van der Waals surface area contributed by atoms with Gasteiger partial charge in [-0.1, -0.05) is 12.1 Å². The molecule has 1 aliphatic rings. The van der Waals surface area contributed by atoms with Crippen molar-refractivity contribution in [1.29, 1.82) is 0 Å². The van der Waals surface area contributed by atoms with Crippen LogP contribution in [0.5, 0.6) is 5.75 Å². The predicted molar refractivity (Wildman–Crippen MR) is 93.3 cm³/mol. The van der Waals surface area contributed by atoms with Crippen LogP contribution in [-0.2, 0) is 11.8 Å². The third-order valence-electron chi connectivity index (χ3n) is 4.16. The number of benzene rings is 1. The second kappa shape index (κ2) is 5.32. The average Bonchev–Trinajstić information content (AvgIpc) is 2.98. The van der Waals surface area contributed by atoms with E-state index in [1.54, 1.807) is 11.6 Å². The highest BCUT2D eigenvalue weighted by atomic mass is 79.9. The molecule has 0 fully saturated rings. The number of halogens is 1. The highest BCUT2D eigenvalue weighted by molar-refractivity contribution is 9.10. The van der Waals surface area contributed by atoms with Crippen molar-refractivity contribution in [2.24, 2.45) is 7.05 Å². The molecule has 4 nitrogen and oxygen atoms in total. The van der Waals surface area contributed by atoms with Gasteiger partial charge in [0.05, 0.1) is 17.5 Å². The Balaban J connectivity index is 2.08. The van der Waals surface area contributed by atoms with Gasteiger partial charge in [-0.05, 0) is 34.1 Å². The van der Waals surface area contributed by atoms with Crippen molar-refractivity contribution < 1.29 is 9.53 Å². The molecule has 23 heavy (non-hydrogen) atoms. The van der Waals surface area contributed by atoms with Crippen LogP contribution >= 0.6 is 27.3 Å². The normalized spacial score (nSPS) is 17.1. The molecule has 1 aliphatic heterocycles. The molecule has 0 aliphatic carbocycles. The summed E-state index contributed by atoms with van der Waals surface area (Å²) in [5, 5.41) is 2.75. The Morgan fingerprint density at radius 3 is 2.83 bits per heavy atom. The number of carbonyl (C=O) groups is 1. The van der Waals surface area contributed by atoms with Gasteiger partial charge in [0.25, 0.3) is 5.56 Å². The highest BCUT2D eigenvalue weighted by Crippen LogP contribution is 2.42. The van der Waals surface area contributed by atoms with Crippen LogP contribution in [-0.4, -0.2) is 10.5 Å². The second-order valence-corrected chi connectivity index (χ2v) is 7.38. The third-order valence-corrected chi connectivity index (χ3v) is 5.96. The highest BCUT2D eigenvalue weighted by Gasteiger charge is 2.34. The number of rotatable bonds is 1. The van der Waals surface area contributed by atoms with Gasteiger partial charge in [-0.15, -0.1) is 11.3 Å². The summed E-state index contributed by atoms with van der Waals surface area (Å²) in [5.74, 6) is -0.147. The molecule has 0 unspecified atom stereocenters. The van der Waals surface area contributed by atoms with Crippen LogP contribution in [0, 0.1) is 0 Å². The quantitative estimate of drug-likeness (QED) is 0.594. The van der Waals surface area contributed by atoms with Crippen LogP contribution in [0.1, 0.15) is 22.8 Å². The Kier molecular flexibility index (Phi) is 3.39. The Hall–Kier alpha value is -1.92. The number of para-hydroxylation sites is 1. The van der Waals surface area contributed by atoms with E-state index in [2.05, 4.69) is 15.9 Å². The summed E-state index contributed by atoms with van der Waals surface area (Å²) in [6.07, 6.45) is 0.188. The van der Waals surface area contributed by atoms with Gasteiger partial charge in [0.1, 0.15) is 5.75 Å². The molecule has 0 N–H and O–H groups in total. The molecule has 0 bridgehead atoms. The van der Waals surface area contributed by atoms with Crippen LogP contribution in [0.2, 0.25) is 0 Å². The first kappa shape index (κ1) is 14.7. The number of hydrogen-bond acceptors (Lipinski definition) is 4. The Morgan fingerprint density at radius 2 is 2.09 bits per heavy atom. The number of esters is 1. The molecule has 3 aromatic rings. The molecular formula is C17H12BrNO3S. The van der Waals surface area contributed by atoms with Crippen LogP contribution < -0.4 is 10.3 Å². The van der Waals surface area contributed by atoms with Crippen LogP contribution in [0.25, 0.3) is 10.9 Å². The molecule has 4 rings (SSSR count). The molecule has 1 atom stereocenters. The minimum absolute atomic E-state index is 0.110. The minimum Gasteiger partial charge on any atom is -0.425 e. The lowest BCUT2D eigenvalue weighted by Crippen LogP contribution is -2.31. The maximum Gasteiger partial charge on any atom is 0.312 e. The topological polar surface area (TPSA) is 48.3 Å². The van der Waals surface area contributed by atoms with Gasteiger partial charge >= 0.3 is 5.97 Å². The zero-order valence-corrected chi connectivity index (χ0v) is 14.6. The number of hydrogen-bond donors (Lipinski definition) is 0. The summed E-state index contributed by atoms with van der Waals surface area (Å²) in [5.41, 5.74) is 1.22. The molecule has 0 radical (unpaired) electrons. The van der Waals surface area contributed by atoms with Gasteiger partial charge in [0.2, 0.25) is 0 Å². The van der Waals surface area contributed by atoms with E-state index >= 15 is 0 Å². The van der Waals surface area contributed by atoms with Gasteiger partial charge in [0.15, 0.2) is 0 Å². The molecule has 1 aromatic carbocycles. The molecule has 116 valence electrons. The third kappa shape index (κ3) is 2.24. The summed E-state index contributed by atoms with van der Waals surface area (Å²) in [6, 6.07) is 9.45. The number of nitrogens with zero attached hydrogens (tertiary/aromatic N) is 1. The molecule has 0 saturated carbocycles. The Labute approximate surface area is 144 Å². The van der Waals surface area contributed by atoms with Gasteiger partial charge < -0.3 is 9.30 Å². The fraction of sp³-hybridized carbons (Fsp3) is 0.176. The first-order valence-electron chi connectivity index (χ1n) is 7.12. The lowest BCUT2D eigenvalue weighted by molar-refractivity contribution is -0.135. The molecule has 2 aromatic heterocycles. The van der Waals surface area contributed by atoms with Crippen LogP contribution in [0.3, 0.4) is 0 Å². The van der Waals surface area contributed by atoms with Crippen molar-refractivity contribution >= 4 is 44.1 Å². The number of thiophene rings is 1. The number of aryl methyl sites for hydroxylation is 1. The van der Waals surface area contributed by atoms with E-state index in [4.69, 9.17) is 4.74 Å². The number of carbonyl (C=O) groups excluding carboxylic acids is 1. The van der Waals surface area contributed by atoms with E-state index < -0.39 is 0 Å². The smallest absolute Gasteiger partial charge is 0.312 e. The molecule has 0 saturated heterocycles. The van der Waals surface area contributed by atoms with Crippen molar-refractivity contribution in [3.63, 3.8) is 0 Å². The second-order valence-electron chi connectivity index (χ2n) is 5.52. The van der Waals surface area contributed by atoms with E-state index in [9.17, 15) is 9.59 Å². The number of pyridine rings is 1. The Morgan fingerprint density at radius 1 is 1.30 bits per heavy atom. The first-order valence-corrected chi connectivity index (χ1v) is 8.79. The van der Waals surface area contributed by atoms with Crippen molar-refractivity contribution in [2.75, 3.05) is 0 Å². The van der Waals surface area contributed by atoms with E-state index in [1.807, 2.05) is 35.7 Å². The summed E-state index contributed by atoms with van der Waals surface area (Å²) >= 11 is 4.98. The molecular weight excluding hydrogens is 378 g/mol.